The monoisotopic (exact) mass is 438 g/mol. The maximum atomic E-state index is 10.7. The Morgan fingerprint density at radius 2 is 1.25 bits per heavy atom. The summed E-state index contributed by atoms with van der Waals surface area (Å²) in [6, 6.07) is 15.2. The molecule has 6 heteroatoms. The van der Waals surface area contributed by atoms with Gasteiger partial charge < -0.3 is 15.5 Å². The lowest BCUT2D eigenvalue weighted by Crippen LogP contribution is -2.31. The molecule has 2 aromatic carbocycles. The molecular formula is C26H38N4O2. The first kappa shape index (κ1) is 24.2. The van der Waals surface area contributed by atoms with Crippen LogP contribution in [0.2, 0.25) is 0 Å². The molecule has 2 aliphatic heterocycles. The molecule has 2 aromatic rings. The second-order valence-electron chi connectivity index (χ2n) is 8.98. The number of nitro groups is 1. The van der Waals surface area contributed by atoms with E-state index >= 15 is 0 Å². The van der Waals surface area contributed by atoms with Gasteiger partial charge in [0.1, 0.15) is 0 Å². The van der Waals surface area contributed by atoms with E-state index in [2.05, 4.69) is 21.9 Å². The topological polar surface area (TPSA) is 75.6 Å². The predicted octanol–water partition coefficient (Wildman–Crippen LogP) is 4.92. The standard InChI is InChI=1S/C13H18N2O2.C13H20N2/c16-15(17)13-6-4-5-12(11-13)7-10-14-8-2-1-3-9-14;14-13-6-4-5-12(11-13)7-10-15-8-2-1-3-9-15/h4-6,11H,1-3,7-10H2;4-6,11H,1-3,7-10,14H2. The zero-order chi connectivity index (χ0) is 22.6. The van der Waals surface area contributed by atoms with E-state index in [1.54, 1.807) is 18.2 Å². The molecule has 2 fully saturated rings. The first-order valence-electron chi connectivity index (χ1n) is 12.1. The Hall–Kier alpha value is -2.44. The molecule has 6 nitrogen and oxygen atoms in total. The van der Waals surface area contributed by atoms with Crippen molar-refractivity contribution < 1.29 is 4.92 Å². The fraction of sp³-hybridized carbons (Fsp3) is 0.538. The number of anilines is 1. The van der Waals surface area contributed by atoms with Crippen molar-refractivity contribution in [3.63, 3.8) is 0 Å². The van der Waals surface area contributed by atoms with E-state index in [0.29, 0.717) is 0 Å². The molecule has 0 amide bonds. The molecule has 0 spiro atoms. The lowest BCUT2D eigenvalue weighted by atomic mass is 10.1. The van der Waals surface area contributed by atoms with Gasteiger partial charge in [0.2, 0.25) is 0 Å². The van der Waals surface area contributed by atoms with Gasteiger partial charge in [-0.1, -0.05) is 37.1 Å². The summed E-state index contributed by atoms with van der Waals surface area (Å²) >= 11 is 0. The highest BCUT2D eigenvalue weighted by atomic mass is 16.6. The molecule has 0 bridgehead atoms. The third-order valence-electron chi connectivity index (χ3n) is 6.40. The summed E-state index contributed by atoms with van der Waals surface area (Å²) in [5, 5.41) is 10.7. The number of hydrogen-bond acceptors (Lipinski definition) is 5. The van der Waals surface area contributed by atoms with Crippen molar-refractivity contribution in [3.8, 4) is 0 Å². The highest BCUT2D eigenvalue weighted by Gasteiger charge is 2.11. The average Bonchev–Trinajstić information content (AvgIpc) is 2.83. The maximum absolute atomic E-state index is 10.7. The largest absolute Gasteiger partial charge is 0.399 e. The highest BCUT2D eigenvalue weighted by molar-refractivity contribution is 5.40. The van der Waals surface area contributed by atoms with Crippen molar-refractivity contribution in [2.45, 2.75) is 51.4 Å². The van der Waals surface area contributed by atoms with Gasteiger partial charge >= 0.3 is 0 Å². The smallest absolute Gasteiger partial charge is 0.269 e. The number of nitro benzene ring substituents is 1. The second kappa shape index (κ2) is 13.2. The minimum atomic E-state index is -0.329. The van der Waals surface area contributed by atoms with Gasteiger partial charge in [-0.15, -0.1) is 0 Å². The predicted molar refractivity (Wildman–Crippen MR) is 132 cm³/mol. The summed E-state index contributed by atoms with van der Waals surface area (Å²) < 4.78 is 0. The number of nitrogen functional groups attached to an aromatic ring is 1. The van der Waals surface area contributed by atoms with E-state index in [1.807, 2.05) is 18.2 Å². The number of nitrogens with zero attached hydrogens (tertiary/aromatic N) is 3. The van der Waals surface area contributed by atoms with E-state index in [4.69, 9.17) is 5.73 Å². The van der Waals surface area contributed by atoms with Crippen LogP contribution in [0.3, 0.4) is 0 Å². The SMILES string of the molecule is Nc1cccc(CCN2CCCCC2)c1.O=[N+]([O-])c1cccc(CCN2CCCCC2)c1. The van der Waals surface area contributed by atoms with Crippen LogP contribution in [-0.2, 0) is 12.8 Å². The van der Waals surface area contributed by atoms with Crippen molar-refractivity contribution in [1.82, 2.24) is 9.80 Å². The van der Waals surface area contributed by atoms with Gasteiger partial charge in [0.05, 0.1) is 4.92 Å². The number of non-ortho nitro benzene ring substituents is 1. The molecule has 32 heavy (non-hydrogen) atoms. The zero-order valence-corrected chi connectivity index (χ0v) is 19.3. The number of benzene rings is 2. The van der Waals surface area contributed by atoms with Gasteiger partial charge in [0.15, 0.2) is 0 Å². The fourth-order valence-electron chi connectivity index (χ4n) is 4.51. The van der Waals surface area contributed by atoms with E-state index < -0.39 is 0 Å². The Labute approximate surface area is 192 Å². The first-order valence-corrected chi connectivity index (χ1v) is 12.1. The van der Waals surface area contributed by atoms with Crippen LogP contribution in [0, 0.1) is 10.1 Å². The maximum Gasteiger partial charge on any atom is 0.269 e. The highest BCUT2D eigenvalue weighted by Crippen LogP contribution is 2.15. The first-order chi connectivity index (χ1) is 15.6. The molecule has 0 aromatic heterocycles. The zero-order valence-electron chi connectivity index (χ0n) is 19.3. The fourth-order valence-corrected chi connectivity index (χ4v) is 4.51. The number of nitrogens with two attached hydrogens (primary N) is 1. The van der Waals surface area contributed by atoms with Crippen LogP contribution in [-0.4, -0.2) is 54.0 Å². The molecule has 0 saturated carbocycles. The average molecular weight is 439 g/mol. The van der Waals surface area contributed by atoms with Gasteiger partial charge in [-0.3, -0.25) is 10.1 Å². The Morgan fingerprint density at radius 1 is 0.750 bits per heavy atom. The molecule has 2 saturated heterocycles. The van der Waals surface area contributed by atoms with Crippen LogP contribution in [0.5, 0.6) is 0 Å². The Bertz CT molecular complexity index is 830. The van der Waals surface area contributed by atoms with Crippen LogP contribution in [0.4, 0.5) is 11.4 Å². The van der Waals surface area contributed by atoms with Crippen LogP contribution in [0.1, 0.15) is 49.7 Å². The molecule has 0 radical (unpaired) electrons. The minimum absolute atomic E-state index is 0.196. The molecule has 0 atom stereocenters. The Kier molecular flexibility index (Phi) is 9.98. The van der Waals surface area contributed by atoms with Crippen LogP contribution in [0.15, 0.2) is 48.5 Å². The summed E-state index contributed by atoms with van der Waals surface area (Å²) in [5.41, 5.74) is 9.25. The summed E-state index contributed by atoms with van der Waals surface area (Å²) in [5.74, 6) is 0. The van der Waals surface area contributed by atoms with Crippen LogP contribution in [0.25, 0.3) is 0 Å². The van der Waals surface area contributed by atoms with E-state index in [-0.39, 0.29) is 10.6 Å². The number of likely N-dealkylation sites (tertiary alicyclic amines) is 2. The quantitative estimate of drug-likeness (QED) is 0.377. The van der Waals surface area contributed by atoms with Gasteiger partial charge in [0, 0.05) is 30.9 Å². The van der Waals surface area contributed by atoms with Crippen LogP contribution >= 0.6 is 0 Å². The third-order valence-corrected chi connectivity index (χ3v) is 6.40. The van der Waals surface area contributed by atoms with Gasteiger partial charge in [-0.25, -0.2) is 0 Å². The summed E-state index contributed by atoms with van der Waals surface area (Å²) in [6.45, 7) is 7.11. The van der Waals surface area contributed by atoms with E-state index in [0.717, 1.165) is 30.6 Å². The normalized spacial score (nSPS) is 17.4. The molecule has 2 aliphatic rings. The van der Waals surface area contributed by atoms with Crippen molar-refractivity contribution in [1.29, 1.82) is 0 Å². The Balaban J connectivity index is 0.000000182. The van der Waals surface area contributed by atoms with Crippen LogP contribution < -0.4 is 5.73 Å². The number of rotatable bonds is 7. The number of piperidine rings is 2. The Morgan fingerprint density at radius 3 is 1.75 bits per heavy atom. The van der Waals surface area contributed by atoms with Gasteiger partial charge in [-0.05, 0) is 88.0 Å². The van der Waals surface area contributed by atoms with Crippen molar-refractivity contribution >= 4 is 11.4 Å². The second-order valence-corrected chi connectivity index (χ2v) is 8.98. The third kappa shape index (κ3) is 8.60. The summed E-state index contributed by atoms with van der Waals surface area (Å²) in [4.78, 5) is 15.3. The molecule has 0 aliphatic carbocycles. The van der Waals surface area contributed by atoms with Gasteiger partial charge in [0.25, 0.3) is 5.69 Å². The van der Waals surface area contributed by atoms with Crippen molar-refractivity contribution in [2.75, 3.05) is 45.0 Å². The number of hydrogen-bond donors (Lipinski definition) is 1. The molecule has 0 unspecified atom stereocenters. The van der Waals surface area contributed by atoms with E-state index in [9.17, 15) is 10.1 Å². The minimum Gasteiger partial charge on any atom is -0.399 e. The van der Waals surface area contributed by atoms with Crippen molar-refractivity contribution in [3.05, 3.63) is 69.8 Å². The lowest BCUT2D eigenvalue weighted by molar-refractivity contribution is -0.384. The van der Waals surface area contributed by atoms with Crippen molar-refractivity contribution in [2.24, 2.45) is 0 Å². The molecule has 4 rings (SSSR count). The summed E-state index contributed by atoms with van der Waals surface area (Å²) in [6.07, 6.45) is 10.1. The molecule has 2 heterocycles. The van der Waals surface area contributed by atoms with Gasteiger partial charge in [-0.2, -0.15) is 0 Å². The van der Waals surface area contributed by atoms with E-state index in [1.165, 1.54) is 76.8 Å². The molecule has 2 N–H and O–H groups in total. The summed E-state index contributed by atoms with van der Waals surface area (Å²) in [7, 11) is 0. The molecular weight excluding hydrogens is 400 g/mol. The molecule has 174 valence electrons. The lowest BCUT2D eigenvalue weighted by Gasteiger charge is -2.26.